The zero-order chi connectivity index (χ0) is 14.7. The van der Waals surface area contributed by atoms with Gasteiger partial charge in [0.1, 0.15) is 5.76 Å². The summed E-state index contributed by atoms with van der Waals surface area (Å²) in [6.45, 7) is 8.50. The monoisotopic (exact) mass is 290 g/mol. The molecule has 3 heteroatoms. The van der Waals surface area contributed by atoms with E-state index in [2.05, 4.69) is 30.1 Å². The summed E-state index contributed by atoms with van der Waals surface area (Å²) in [5.41, 5.74) is 1.41. The zero-order valence-electron chi connectivity index (χ0n) is 13.6. The summed E-state index contributed by atoms with van der Waals surface area (Å²) in [6.07, 6.45) is 9.45. The van der Waals surface area contributed by atoms with Crippen molar-refractivity contribution in [1.29, 1.82) is 0 Å². The molecule has 0 aromatic carbocycles. The van der Waals surface area contributed by atoms with E-state index in [1.54, 1.807) is 0 Å². The Morgan fingerprint density at radius 2 is 2.14 bits per heavy atom. The quantitative estimate of drug-likeness (QED) is 0.895. The summed E-state index contributed by atoms with van der Waals surface area (Å²) in [4.78, 5) is 2.62. The maximum atomic E-state index is 5.61. The van der Waals surface area contributed by atoms with Crippen LogP contribution in [-0.4, -0.2) is 30.6 Å². The molecule has 1 aliphatic heterocycles. The first kappa shape index (κ1) is 15.1. The van der Waals surface area contributed by atoms with Crippen molar-refractivity contribution < 1.29 is 4.42 Å². The van der Waals surface area contributed by atoms with Crippen LogP contribution in [0, 0.1) is 5.92 Å². The fraction of sp³-hybridized carbons (Fsp3) is 0.778. The van der Waals surface area contributed by atoms with Crippen LogP contribution in [0.2, 0.25) is 0 Å². The fourth-order valence-electron chi connectivity index (χ4n) is 4.11. The van der Waals surface area contributed by atoms with Crippen LogP contribution in [0.25, 0.3) is 0 Å². The SMILES string of the molecule is CCCN1CCC(C(C)NC2CCCc3occc32)CC1. The number of nitrogens with zero attached hydrogens (tertiary/aromatic N) is 1. The number of furan rings is 1. The van der Waals surface area contributed by atoms with E-state index >= 15 is 0 Å². The Morgan fingerprint density at radius 1 is 1.33 bits per heavy atom. The van der Waals surface area contributed by atoms with Crippen molar-refractivity contribution >= 4 is 0 Å². The van der Waals surface area contributed by atoms with Gasteiger partial charge in [-0.2, -0.15) is 0 Å². The summed E-state index contributed by atoms with van der Waals surface area (Å²) >= 11 is 0. The molecule has 21 heavy (non-hydrogen) atoms. The Bertz CT molecular complexity index is 434. The third-order valence-corrected chi connectivity index (χ3v) is 5.40. The molecule has 0 spiro atoms. The lowest BCUT2D eigenvalue weighted by molar-refractivity contribution is 0.157. The minimum atomic E-state index is 0.510. The van der Waals surface area contributed by atoms with Crippen LogP contribution >= 0.6 is 0 Å². The van der Waals surface area contributed by atoms with E-state index in [1.807, 2.05) is 6.26 Å². The van der Waals surface area contributed by atoms with E-state index in [9.17, 15) is 0 Å². The van der Waals surface area contributed by atoms with Crippen molar-refractivity contribution in [1.82, 2.24) is 10.2 Å². The molecule has 3 nitrogen and oxygen atoms in total. The van der Waals surface area contributed by atoms with Gasteiger partial charge < -0.3 is 14.6 Å². The molecule has 0 amide bonds. The summed E-state index contributed by atoms with van der Waals surface area (Å²) in [6, 6.07) is 3.29. The smallest absolute Gasteiger partial charge is 0.108 e. The second-order valence-electron chi connectivity index (χ2n) is 6.88. The predicted molar refractivity (Wildman–Crippen MR) is 86.4 cm³/mol. The van der Waals surface area contributed by atoms with Gasteiger partial charge in [-0.05, 0) is 70.6 Å². The van der Waals surface area contributed by atoms with Gasteiger partial charge in [0.15, 0.2) is 0 Å². The third kappa shape index (κ3) is 3.51. The van der Waals surface area contributed by atoms with E-state index in [1.165, 1.54) is 63.1 Å². The van der Waals surface area contributed by atoms with E-state index < -0.39 is 0 Å². The Kier molecular flexibility index (Phi) is 5.02. The molecule has 1 aromatic heterocycles. The van der Waals surface area contributed by atoms with Crippen LogP contribution in [0.15, 0.2) is 16.7 Å². The largest absolute Gasteiger partial charge is 0.469 e. The summed E-state index contributed by atoms with van der Waals surface area (Å²) in [7, 11) is 0. The first-order valence-corrected chi connectivity index (χ1v) is 8.82. The third-order valence-electron chi connectivity index (χ3n) is 5.40. The standard InChI is InChI=1S/C18H30N2O/c1-3-10-20-11-7-15(8-12-20)14(2)19-17-5-4-6-18-16(17)9-13-21-18/h9,13-15,17,19H,3-8,10-12H2,1-2H3. The van der Waals surface area contributed by atoms with Crippen LogP contribution in [0.1, 0.15) is 63.3 Å². The van der Waals surface area contributed by atoms with E-state index in [0.29, 0.717) is 12.1 Å². The molecule has 0 bridgehead atoms. The number of rotatable bonds is 5. The second-order valence-corrected chi connectivity index (χ2v) is 6.88. The van der Waals surface area contributed by atoms with E-state index in [-0.39, 0.29) is 0 Å². The number of hydrogen-bond donors (Lipinski definition) is 1. The lowest BCUT2D eigenvalue weighted by Gasteiger charge is -2.37. The molecule has 0 radical (unpaired) electrons. The lowest BCUT2D eigenvalue weighted by Crippen LogP contribution is -2.43. The molecular weight excluding hydrogens is 260 g/mol. The van der Waals surface area contributed by atoms with Crippen molar-refractivity contribution in [2.45, 2.75) is 64.5 Å². The molecule has 1 aromatic rings. The maximum Gasteiger partial charge on any atom is 0.108 e. The molecule has 118 valence electrons. The Morgan fingerprint density at radius 3 is 2.90 bits per heavy atom. The number of aryl methyl sites for hydroxylation is 1. The van der Waals surface area contributed by atoms with Gasteiger partial charge in [-0.15, -0.1) is 0 Å². The van der Waals surface area contributed by atoms with Crippen molar-refractivity contribution in [3.05, 3.63) is 23.7 Å². The van der Waals surface area contributed by atoms with Gasteiger partial charge in [-0.1, -0.05) is 6.92 Å². The van der Waals surface area contributed by atoms with Crippen LogP contribution < -0.4 is 5.32 Å². The van der Waals surface area contributed by atoms with Crippen molar-refractivity contribution in [2.24, 2.45) is 5.92 Å². The van der Waals surface area contributed by atoms with Crippen LogP contribution in [-0.2, 0) is 6.42 Å². The van der Waals surface area contributed by atoms with E-state index in [0.717, 1.165) is 12.3 Å². The lowest BCUT2D eigenvalue weighted by atomic mass is 9.87. The first-order valence-electron chi connectivity index (χ1n) is 8.82. The van der Waals surface area contributed by atoms with Crippen LogP contribution in [0.3, 0.4) is 0 Å². The van der Waals surface area contributed by atoms with Gasteiger partial charge in [-0.25, -0.2) is 0 Å². The highest BCUT2D eigenvalue weighted by atomic mass is 16.3. The topological polar surface area (TPSA) is 28.4 Å². The van der Waals surface area contributed by atoms with E-state index in [4.69, 9.17) is 4.42 Å². The molecule has 0 saturated carbocycles. The van der Waals surface area contributed by atoms with Gasteiger partial charge in [0.2, 0.25) is 0 Å². The maximum absolute atomic E-state index is 5.61. The molecule has 1 N–H and O–H groups in total. The fourth-order valence-corrected chi connectivity index (χ4v) is 4.11. The molecule has 2 atom stereocenters. The molecule has 2 unspecified atom stereocenters. The number of piperidine rings is 1. The van der Waals surface area contributed by atoms with Gasteiger partial charge in [0.25, 0.3) is 0 Å². The van der Waals surface area contributed by atoms with Gasteiger partial charge in [0, 0.05) is 24.1 Å². The number of likely N-dealkylation sites (tertiary alicyclic amines) is 1. The Hall–Kier alpha value is -0.800. The summed E-state index contributed by atoms with van der Waals surface area (Å²) in [5, 5.41) is 3.90. The normalized spacial score (nSPS) is 25.7. The zero-order valence-corrected chi connectivity index (χ0v) is 13.6. The predicted octanol–water partition coefficient (Wildman–Crippen LogP) is 3.76. The van der Waals surface area contributed by atoms with Gasteiger partial charge in [-0.3, -0.25) is 0 Å². The summed E-state index contributed by atoms with van der Waals surface area (Å²) in [5.74, 6) is 2.04. The second kappa shape index (κ2) is 6.97. The highest BCUT2D eigenvalue weighted by molar-refractivity contribution is 5.24. The molecule has 3 rings (SSSR count). The summed E-state index contributed by atoms with van der Waals surface area (Å²) < 4.78 is 5.61. The molecule has 2 aliphatic rings. The first-order chi connectivity index (χ1) is 10.3. The highest BCUT2D eigenvalue weighted by Gasteiger charge is 2.28. The number of nitrogens with one attached hydrogen (secondary N) is 1. The highest BCUT2D eigenvalue weighted by Crippen LogP contribution is 2.32. The van der Waals surface area contributed by atoms with Crippen molar-refractivity contribution in [2.75, 3.05) is 19.6 Å². The van der Waals surface area contributed by atoms with Gasteiger partial charge >= 0.3 is 0 Å². The van der Waals surface area contributed by atoms with Crippen LogP contribution in [0.4, 0.5) is 0 Å². The Labute approximate surface area is 129 Å². The van der Waals surface area contributed by atoms with Crippen LogP contribution in [0.5, 0.6) is 0 Å². The Balaban J connectivity index is 1.52. The molecule has 1 aliphatic carbocycles. The van der Waals surface area contributed by atoms with Crippen molar-refractivity contribution in [3.8, 4) is 0 Å². The molecular formula is C18H30N2O. The molecule has 1 fully saturated rings. The minimum Gasteiger partial charge on any atom is -0.469 e. The average molecular weight is 290 g/mol. The number of fused-ring (bicyclic) bond motifs is 1. The van der Waals surface area contributed by atoms with Gasteiger partial charge in [0.05, 0.1) is 6.26 Å². The molecule has 2 heterocycles. The number of hydrogen-bond acceptors (Lipinski definition) is 3. The average Bonchev–Trinajstić information content (AvgIpc) is 2.98. The minimum absolute atomic E-state index is 0.510. The molecule has 1 saturated heterocycles. The van der Waals surface area contributed by atoms with Crippen molar-refractivity contribution in [3.63, 3.8) is 0 Å².